The minimum Gasteiger partial charge on any atom is -0.456 e. The number of fused-ring (bicyclic) bond motifs is 2. The lowest BCUT2D eigenvalue weighted by molar-refractivity contribution is -0.148. The highest BCUT2D eigenvalue weighted by molar-refractivity contribution is 5.93. The third-order valence-electron chi connectivity index (χ3n) is 4.90. The van der Waals surface area contributed by atoms with E-state index in [1.807, 2.05) is 0 Å². The molecule has 0 spiro atoms. The number of anilines is 1. The fourth-order valence-corrected chi connectivity index (χ4v) is 3.84. The first kappa shape index (κ1) is 15.9. The van der Waals surface area contributed by atoms with Gasteiger partial charge in [-0.2, -0.15) is 0 Å². The molecular weight excluding hydrogens is 304 g/mol. The van der Waals surface area contributed by atoms with E-state index in [2.05, 4.69) is 5.32 Å². The zero-order valence-electron chi connectivity index (χ0n) is 12.7. The Kier molecular flexibility index (Phi) is 4.59. The van der Waals surface area contributed by atoms with Crippen LogP contribution in [0.2, 0.25) is 0 Å². The van der Waals surface area contributed by atoms with Crippen LogP contribution < -0.4 is 5.32 Å². The molecule has 2 saturated carbocycles. The Labute approximate surface area is 133 Å². The van der Waals surface area contributed by atoms with Gasteiger partial charge in [0.2, 0.25) is 0 Å². The molecule has 2 aliphatic carbocycles. The van der Waals surface area contributed by atoms with E-state index in [1.165, 1.54) is 25.3 Å². The van der Waals surface area contributed by atoms with Crippen molar-refractivity contribution in [2.45, 2.75) is 32.1 Å². The maximum Gasteiger partial charge on any atom is 0.306 e. The third-order valence-corrected chi connectivity index (χ3v) is 4.90. The maximum atomic E-state index is 13.4. The van der Waals surface area contributed by atoms with Gasteiger partial charge in [0.15, 0.2) is 6.61 Å². The van der Waals surface area contributed by atoms with E-state index in [-0.39, 0.29) is 0 Å². The first-order valence-corrected chi connectivity index (χ1v) is 7.92. The number of hydrogen-bond donors (Lipinski definition) is 1. The number of nitrogens with one attached hydrogen (secondary N) is 1. The number of para-hydroxylation sites is 1. The van der Waals surface area contributed by atoms with Crippen LogP contribution in [0.5, 0.6) is 0 Å². The van der Waals surface area contributed by atoms with Crippen molar-refractivity contribution in [2.24, 2.45) is 17.8 Å². The van der Waals surface area contributed by atoms with E-state index >= 15 is 0 Å². The van der Waals surface area contributed by atoms with Crippen molar-refractivity contribution in [3.8, 4) is 0 Å². The van der Waals surface area contributed by atoms with Crippen LogP contribution in [-0.2, 0) is 14.3 Å². The lowest BCUT2D eigenvalue weighted by Gasteiger charge is -2.20. The number of carbonyl (C=O) groups excluding carboxylic acids is 2. The molecule has 0 aromatic heterocycles. The molecule has 0 radical (unpaired) electrons. The van der Waals surface area contributed by atoms with E-state index in [9.17, 15) is 18.4 Å². The Bertz CT molecular complexity index is 600. The number of rotatable bonds is 5. The number of ether oxygens (including phenoxy) is 1. The number of carbonyl (C=O) groups is 2. The summed E-state index contributed by atoms with van der Waals surface area (Å²) in [6.45, 7) is -0.534. The van der Waals surface area contributed by atoms with Crippen molar-refractivity contribution >= 4 is 17.6 Å². The molecule has 6 heteroatoms. The zero-order chi connectivity index (χ0) is 16.4. The Balaban J connectivity index is 1.44. The Morgan fingerprint density at radius 1 is 1.17 bits per heavy atom. The molecule has 1 N–H and O–H groups in total. The number of amides is 1. The summed E-state index contributed by atoms with van der Waals surface area (Å²) in [5, 5.41) is 2.09. The van der Waals surface area contributed by atoms with E-state index in [1.54, 1.807) is 0 Å². The normalized spacial score (nSPS) is 25.4. The van der Waals surface area contributed by atoms with Gasteiger partial charge in [-0.1, -0.05) is 12.5 Å². The van der Waals surface area contributed by atoms with Crippen LogP contribution in [0.3, 0.4) is 0 Å². The van der Waals surface area contributed by atoms with Crippen LogP contribution in [-0.4, -0.2) is 18.5 Å². The average Bonchev–Trinajstić information content (AvgIpc) is 3.12. The van der Waals surface area contributed by atoms with Gasteiger partial charge in [0.05, 0.1) is 0 Å². The fourth-order valence-electron chi connectivity index (χ4n) is 3.84. The first-order chi connectivity index (χ1) is 11.0. The smallest absolute Gasteiger partial charge is 0.306 e. The van der Waals surface area contributed by atoms with Gasteiger partial charge >= 0.3 is 5.97 Å². The monoisotopic (exact) mass is 323 g/mol. The van der Waals surface area contributed by atoms with Crippen molar-refractivity contribution in [3.63, 3.8) is 0 Å². The SMILES string of the molecule is O=C(COC(=O)C[C@@H]1C[C@@H]2CC[C@@H]1C2)Nc1c(F)cccc1F. The lowest BCUT2D eigenvalue weighted by atomic mass is 9.86. The predicted octanol–water partition coefficient (Wildman–Crippen LogP) is 3.27. The van der Waals surface area contributed by atoms with Crippen LogP contribution >= 0.6 is 0 Å². The predicted molar refractivity (Wildman–Crippen MR) is 79.5 cm³/mol. The van der Waals surface area contributed by atoms with Gasteiger partial charge in [0.25, 0.3) is 5.91 Å². The van der Waals surface area contributed by atoms with Gasteiger partial charge in [-0.15, -0.1) is 0 Å². The molecule has 0 heterocycles. The summed E-state index contributed by atoms with van der Waals surface area (Å²) in [5.74, 6) is -1.22. The van der Waals surface area contributed by atoms with E-state index in [0.29, 0.717) is 18.3 Å². The molecule has 0 aliphatic heterocycles. The minimum absolute atomic E-state index is 0.322. The first-order valence-electron chi connectivity index (χ1n) is 7.92. The number of benzene rings is 1. The van der Waals surface area contributed by atoms with E-state index < -0.39 is 35.8 Å². The minimum atomic E-state index is -0.869. The summed E-state index contributed by atoms with van der Waals surface area (Å²) < 4.78 is 31.7. The molecular formula is C17H19F2NO3. The van der Waals surface area contributed by atoms with Crippen LogP contribution in [0.1, 0.15) is 32.1 Å². The molecule has 0 saturated heterocycles. The molecule has 1 aromatic rings. The van der Waals surface area contributed by atoms with Gasteiger partial charge in [-0.3, -0.25) is 9.59 Å². The van der Waals surface area contributed by atoms with Crippen molar-refractivity contribution in [1.82, 2.24) is 0 Å². The molecule has 1 amide bonds. The van der Waals surface area contributed by atoms with Crippen LogP contribution in [0.25, 0.3) is 0 Å². The molecule has 4 nitrogen and oxygen atoms in total. The Morgan fingerprint density at radius 2 is 1.91 bits per heavy atom. The fraction of sp³-hybridized carbons (Fsp3) is 0.529. The van der Waals surface area contributed by atoms with Gasteiger partial charge in [0.1, 0.15) is 17.3 Å². The molecule has 2 fully saturated rings. The number of hydrogen-bond acceptors (Lipinski definition) is 3. The van der Waals surface area contributed by atoms with E-state index in [0.717, 1.165) is 24.5 Å². The Hall–Kier alpha value is -1.98. The maximum absolute atomic E-state index is 13.4. The molecule has 23 heavy (non-hydrogen) atoms. The third kappa shape index (κ3) is 3.68. The molecule has 3 rings (SSSR count). The largest absolute Gasteiger partial charge is 0.456 e. The van der Waals surface area contributed by atoms with Crippen molar-refractivity contribution in [3.05, 3.63) is 29.8 Å². The summed E-state index contributed by atoms with van der Waals surface area (Å²) in [7, 11) is 0. The standard InChI is InChI=1S/C17H19F2NO3/c18-13-2-1-3-14(19)17(13)20-15(21)9-23-16(22)8-12-7-10-4-5-11(12)6-10/h1-3,10-12H,4-9H2,(H,20,21)/t10-,11-,12+/m1/s1. The zero-order valence-corrected chi connectivity index (χ0v) is 12.7. The molecule has 1 aromatic carbocycles. The highest BCUT2D eigenvalue weighted by atomic mass is 19.1. The Morgan fingerprint density at radius 3 is 2.52 bits per heavy atom. The van der Waals surface area contributed by atoms with Crippen LogP contribution in [0.4, 0.5) is 14.5 Å². The van der Waals surface area contributed by atoms with E-state index in [4.69, 9.17) is 4.74 Å². The second-order valence-electron chi connectivity index (χ2n) is 6.44. The average molecular weight is 323 g/mol. The highest BCUT2D eigenvalue weighted by Gasteiger charge is 2.40. The molecule has 0 unspecified atom stereocenters. The van der Waals surface area contributed by atoms with Crippen LogP contribution in [0, 0.1) is 29.4 Å². The van der Waals surface area contributed by atoms with Gasteiger partial charge in [-0.25, -0.2) is 8.78 Å². The van der Waals surface area contributed by atoms with Gasteiger partial charge in [0, 0.05) is 6.42 Å². The summed E-state index contributed by atoms with van der Waals surface area (Å²) in [6.07, 6.45) is 5.02. The highest BCUT2D eigenvalue weighted by Crippen LogP contribution is 2.49. The second kappa shape index (κ2) is 6.64. The summed E-state index contributed by atoms with van der Waals surface area (Å²) in [5.41, 5.74) is -0.526. The van der Waals surface area contributed by atoms with Gasteiger partial charge < -0.3 is 10.1 Å². The van der Waals surface area contributed by atoms with Crippen LogP contribution in [0.15, 0.2) is 18.2 Å². The summed E-state index contributed by atoms with van der Waals surface area (Å²) >= 11 is 0. The topological polar surface area (TPSA) is 55.4 Å². The number of halogens is 2. The number of esters is 1. The van der Waals surface area contributed by atoms with Crippen molar-refractivity contribution < 1.29 is 23.1 Å². The summed E-state index contributed by atoms with van der Waals surface area (Å²) in [6, 6.07) is 3.29. The molecule has 3 atom stereocenters. The molecule has 2 bridgehead atoms. The van der Waals surface area contributed by atoms with Crippen molar-refractivity contribution in [1.29, 1.82) is 0 Å². The second-order valence-corrected chi connectivity index (χ2v) is 6.44. The molecule has 124 valence electrons. The quantitative estimate of drug-likeness (QED) is 0.846. The van der Waals surface area contributed by atoms with Gasteiger partial charge in [-0.05, 0) is 49.1 Å². The molecule has 2 aliphatic rings. The van der Waals surface area contributed by atoms with Crippen molar-refractivity contribution in [2.75, 3.05) is 11.9 Å². The lowest BCUT2D eigenvalue weighted by Crippen LogP contribution is -2.24. The summed E-state index contributed by atoms with van der Waals surface area (Å²) in [4.78, 5) is 23.5.